The number of aliphatic hydroxyl groups is 1. The molecule has 2 rings (SSSR count). The lowest BCUT2D eigenvalue weighted by Crippen LogP contribution is -3.00. The van der Waals surface area contributed by atoms with Crippen LogP contribution in [-0.4, -0.2) is 79.1 Å². The van der Waals surface area contributed by atoms with Gasteiger partial charge < -0.3 is 31.9 Å². The number of amides is 1. The number of carbonyl (C=O) groups excluding carboxylic acids is 1. The van der Waals surface area contributed by atoms with E-state index < -0.39 is 6.10 Å². The van der Waals surface area contributed by atoms with Crippen molar-refractivity contribution in [1.82, 2.24) is 9.80 Å². The molecule has 0 aromatic rings. The Labute approximate surface area is 164 Å². The zero-order valence-corrected chi connectivity index (χ0v) is 17.5. The summed E-state index contributed by atoms with van der Waals surface area (Å²) in [5.41, 5.74) is 0.330. The van der Waals surface area contributed by atoms with E-state index in [1.165, 1.54) is 6.42 Å². The molecule has 1 saturated carbocycles. The molecule has 1 N–H and O–H groups in total. The molecule has 3 atom stereocenters. The first-order chi connectivity index (χ1) is 11.8. The Morgan fingerprint density at radius 1 is 1.23 bits per heavy atom. The van der Waals surface area contributed by atoms with E-state index in [1.54, 1.807) is 4.90 Å². The molecule has 1 saturated heterocycles. The number of halogens is 1. The summed E-state index contributed by atoms with van der Waals surface area (Å²) in [6, 6.07) is 0. The number of hydrogen-bond acceptors (Lipinski definition) is 5. The Kier molecular flexibility index (Phi) is 9.65. The van der Waals surface area contributed by atoms with Crippen molar-refractivity contribution in [2.75, 3.05) is 45.9 Å². The zero-order valence-electron chi connectivity index (χ0n) is 16.7. The fraction of sp³-hybridized carbons (Fsp3) is 0.947. The molecule has 2 aliphatic rings. The summed E-state index contributed by atoms with van der Waals surface area (Å²) in [6.07, 6.45) is 2.96. The molecule has 1 aliphatic heterocycles. The molecule has 1 heterocycles. The molecule has 154 valence electrons. The second-order valence-corrected chi connectivity index (χ2v) is 8.51. The van der Waals surface area contributed by atoms with Crippen molar-refractivity contribution in [2.24, 2.45) is 11.3 Å². The first kappa shape index (κ1) is 23.5. The van der Waals surface area contributed by atoms with E-state index in [9.17, 15) is 9.90 Å². The summed E-state index contributed by atoms with van der Waals surface area (Å²) < 4.78 is 11.1. The quantitative estimate of drug-likeness (QED) is 0.652. The molecule has 0 bridgehead atoms. The second kappa shape index (κ2) is 10.7. The van der Waals surface area contributed by atoms with E-state index in [0.717, 1.165) is 25.9 Å². The minimum atomic E-state index is -0.477. The maximum atomic E-state index is 11.7. The van der Waals surface area contributed by atoms with Crippen molar-refractivity contribution in [3.63, 3.8) is 0 Å². The summed E-state index contributed by atoms with van der Waals surface area (Å²) in [4.78, 5) is 15.6. The van der Waals surface area contributed by atoms with Crippen molar-refractivity contribution < 1.29 is 31.8 Å². The lowest BCUT2D eigenvalue weighted by molar-refractivity contribution is -0.0631. The standard InChI is InChI=1S/C19H36N2O4.ClH/c1-5-24-18(23)21-8-6-20(7-9-21)13-16(22)14-25-17-10-15(2)11-19(3,4)12-17;/h15-17,22H,5-14H2,1-4H3;1H/p-1. The third-order valence-corrected chi connectivity index (χ3v) is 5.24. The highest BCUT2D eigenvalue weighted by Gasteiger charge is 2.33. The van der Waals surface area contributed by atoms with E-state index in [1.807, 2.05) is 6.92 Å². The minimum absolute atomic E-state index is 0. The number of piperazine rings is 1. The van der Waals surface area contributed by atoms with Gasteiger partial charge in [0.15, 0.2) is 0 Å². The van der Waals surface area contributed by atoms with Gasteiger partial charge in [-0.1, -0.05) is 20.8 Å². The van der Waals surface area contributed by atoms with Gasteiger partial charge in [0.1, 0.15) is 0 Å². The van der Waals surface area contributed by atoms with Crippen LogP contribution in [0.25, 0.3) is 0 Å². The van der Waals surface area contributed by atoms with E-state index in [2.05, 4.69) is 25.7 Å². The predicted octanol–water partition coefficient (Wildman–Crippen LogP) is -0.643. The summed E-state index contributed by atoms with van der Waals surface area (Å²) in [5, 5.41) is 10.3. The summed E-state index contributed by atoms with van der Waals surface area (Å²) in [6.45, 7) is 13.0. The molecule has 6 nitrogen and oxygen atoms in total. The van der Waals surface area contributed by atoms with Crippen LogP contribution >= 0.6 is 0 Å². The number of hydrogen-bond donors (Lipinski definition) is 1. The average molecular weight is 392 g/mol. The van der Waals surface area contributed by atoms with Crippen LogP contribution in [0.5, 0.6) is 0 Å². The molecule has 0 aromatic heterocycles. The van der Waals surface area contributed by atoms with Gasteiger partial charge >= 0.3 is 6.09 Å². The molecule has 3 unspecified atom stereocenters. The number of β-amino-alcohol motifs (C(OH)–C–C–N with tert-alkyl or cyclic N) is 1. The fourth-order valence-electron chi connectivity index (χ4n) is 4.31. The Morgan fingerprint density at radius 3 is 2.46 bits per heavy atom. The number of rotatable bonds is 6. The van der Waals surface area contributed by atoms with Gasteiger partial charge in [-0.3, -0.25) is 4.90 Å². The van der Waals surface area contributed by atoms with E-state index in [-0.39, 0.29) is 24.6 Å². The normalized spacial score (nSPS) is 27.5. The topological polar surface area (TPSA) is 62.2 Å². The maximum Gasteiger partial charge on any atom is 0.409 e. The fourth-order valence-corrected chi connectivity index (χ4v) is 4.31. The van der Waals surface area contributed by atoms with Crippen LogP contribution in [0.1, 0.15) is 47.0 Å². The lowest BCUT2D eigenvalue weighted by Gasteiger charge is -2.39. The molecule has 26 heavy (non-hydrogen) atoms. The lowest BCUT2D eigenvalue weighted by atomic mass is 9.71. The van der Waals surface area contributed by atoms with Gasteiger partial charge in [0.25, 0.3) is 0 Å². The highest BCUT2D eigenvalue weighted by Crippen LogP contribution is 2.39. The van der Waals surface area contributed by atoms with Gasteiger partial charge in [-0.2, -0.15) is 0 Å². The minimum Gasteiger partial charge on any atom is -1.00 e. The van der Waals surface area contributed by atoms with Gasteiger partial charge in [0.2, 0.25) is 0 Å². The highest BCUT2D eigenvalue weighted by molar-refractivity contribution is 5.67. The monoisotopic (exact) mass is 391 g/mol. The van der Waals surface area contributed by atoms with E-state index in [4.69, 9.17) is 9.47 Å². The number of nitrogens with zero attached hydrogens (tertiary/aromatic N) is 2. The molecule has 0 aromatic carbocycles. The van der Waals surface area contributed by atoms with Crippen molar-refractivity contribution in [2.45, 2.75) is 59.2 Å². The smallest absolute Gasteiger partial charge is 0.409 e. The number of aliphatic hydroxyl groups excluding tert-OH is 1. The number of carbonyl (C=O) groups is 1. The molecule has 1 aliphatic carbocycles. The average Bonchev–Trinajstić information content (AvgIpc) is 2.52. The maximum absolute atomic E-state index is 11.7. The van der Waals surface area contributed by atoms with Crippen LogP contribution in [0.2, 0.25) is 0 Å². The van der Waals surface area contributed by atoms with Crippen molar-refractivity contribution in [1.29, 1.82) is 0 Å². The third-order valence-electron chi connectivity index (χ3n) is 5.24. The van der Waals surface area contributed by atoms with Crippen LogP contribution in [0, 0.1) is 11.3 Å². The molecular weight excluding hydrogens is 356 g/mol. The van der Waals surface area contributed by atoms with Gasteiger partial charge in [0.05, 0.1) is 25.4 Å². The van der Waals surface area contributed by atoms with Crippen molar-refractivity contribution in [3.8, 4) is 0 Å². The first-order valence-electron chi connectivity index (χ1n) is 9.73. The van der Waals surface area contributed by atoms with E-state index >= 15 is 0 Å². The van der Waals surface area contributed by atoms with Crippen molar-refractivity contribution >= 4 is 6.09 Å². The van der Waals surface area contributed by atoms with Crippen LogP contribution in [-0.2, 0) is 9.47 Å². The Bertz CT molecular complexity index is 428. The molecule has 2 fully saturated rings. The predicted molar refractivity (Wildman–Crippen MR) is 97.6 cm³/mol. The molecule has 0 radical (unpaired) electrons. The second-order valence-electron chi connectivity index (χ2n) is 8.51. The first-order valence-corrected chi connectivity index (χ1v) is 9.73. The van der Waals surface area contributed by atoms with Crippen LogP contribution in [0.4, 0.5) is 4.79 Å². The van der Waals surface area contributed by atoms with Gasteiger partial charge in [-0.25, -0.2) is 4.79 Å². The zero-order chi connectivity index (χ0) is 18.4. The van der Waals surface area contributed by atoms with Gasteiger partial charge in [-0.05, 0) is 37.5 Å². The summed E-state index contributed by atoms with van der Waals surface area (Å²) >= 11 is 0. The highest BCUT2D eigenvalue weighted by atomic mass is 35.5. The Balaban J connectivity index is 0.00000338. The molecular formula is C19H36ClN2O4-. The van der Waals surface area contributed by atoms with Gasteiger partial charge in [-0.15, -0.1) is 0 Å². The molecule has 1 amide bonds. The summed E-state index contributed by atoms with van der Waals surface area (Å²) in [7, 11) is 0. The van der Waals surface area contributed by atoms with Crippen LogP contribution < -0.4 is 12.4 Å². The van der Waals surface area contributed by atoms with Gasteiger partial charge in [0, 0.05) is 32.7 Å². The Morgan fingerprint density at radius 2 is 1.88 bits per heavy atom. The Hall–Kier alpha value is -0.560. The van der Waals surface area contributed by atoms with Crippen molar-refractivity contribution in [3.05, 3.63) is 0 Å². The van der Waals surface area contributed by atoms with Crippen LogP contribution in [0.3, 0.4) is 0 Å². The largest absolute Gasteiger partial charge is 1.00 e. The molecule has 7 heteroatoms. The summed E-state index contributed by atoms with van der Waals surface area (Å²) in [5.74, 6) is 0.682. The van der Waals surface area contributed by atoms with E-state index in [0.29, 0.717) is 44.2 Å². The molecule has 0 spiro atoms. The third kappa shape index (κ3) is 7.59. The number of ether oxygens (including phenoxy) is 2. The van der Waals surface area contributed by atoms with Crippen LogP contribution in [0.15, 0.2) is 0 Å². The SMILES string of the molecule is CCOC(=O)N1CCN(CC(O)COC2CC(C)CC(C)(C)C2)CC1.[Cl-].